The van der Waals surface area contributed by atoms with Crippen LogP contribution in [-0.4, -0.2) is 15.3 Å². The Morgan fingerprint density at radius 1 is 0.885 bits per heavy atom. The number of hydrogen-bond donors (Lipinski definition) is 4. The van der Waals surface area contributed by atoms with Crippen LogP contribution >= 0.6 is 0 Å². The number of nitrogen functional groups attached to an aromatic ring is 1. The van der Waals surface area contributed by atoms with E-state index in [9.17, 15) is 5.11 Å². The smallest absolute Gasteiger partial charge is 0.142 e. The number of phenols is 1. The van der Waals surface area contributed by atoms with Crippen molar-refractivity contribution in [2.75, 3.05) is 5.73 Å². The Kier molecular flexibility index (Phi) is 5.74. The number of anilines is 1. The van der Waals surface area contributed by atoms with E-state index in [4.69, 9.17) is 5.73 Å². The van der Waals surface area contributed by atoms with Crippen molar-refractivity contribution in [3.8, 4) is 5.75 Å². The first kappa shape index (κ1) is 20.0. The predicted molar refractivity (Wildman–Crippen MR) is 112 cm³/mol. The zero-order valence-corrected chi connectivity index (χ0v) is 16.9. The minimum Gasteiger partial charge on any atom is -0.505 e. The van der Waals surface area contributed by atoms with Crippen LogP contribution in [0.25, 0.3) is 11.0 Å². The number of para-hydroxylation sites is 2. The third-order valence-corrected chi connectivity index (χ3v) is 5.68. The van der Waals surface area contributed by atoms with E-state index in [1.807, 2.05) is 30.3 Å². The molecule has 142 valence electrons. The lowest BCUT2D eigenvalue weighted by Crippen LogP contribution is -2.21. The molecule has 0 aliphatic carbocycles. The average molecular weight is 356 g/mol. The summed E-state index contributed by atoms with van der Waals surface area (Å²) in [7, 11) is 0. The Hall–Kier alpha value is -2.36. The number of benzene rings is 2. The van der Waals surface area contributed by atoms with Gasteiger partial charge < -0.3 is 10.8 Å². The fourth-order valence-electron chi connectivity index (χ4n) is 2.73. The van der Waals surface area contributed by atoms with Gasteiger partial charge in [0.1, 0.15) is 5.75 Å². The molecule has 0 aliphatic rings. The Morgan fingerprint density at radius 2 is 1.38 bits per heavy atom. The van der Waals surface area contributed by atoms with E-state index in [-0.39, 0.29) is 16.6 Å². The summed E-state index contributed by atoms with van der Waals surface area (Å²) < 4.78 is 0. The fraction of sp³-hybridized carbons (Fsp3) is 0.455. The summed E-state index contributed by atoms with van der Waals surface area (Å²) in [6, 6.07) is 12.1. The van der Waals surface area contributed by atoms with Gasteiger partial charge in [-0.25, -0.2) is 0 Å². The molecule has 2 aromatic carbocycles. The minimum absolute atomic E-state index is 0.0575. The number of phenolic OH excluding ortho intramolecular Hbond substituents is 1. The summed E-state index contributed by atoms with van der Waals surface area (Å²) in [4.78, 5) is 0. The number of aromatic amines is 2. The molecule has 1 heterocycles. The second-order valence-corrected chi connectivity index (χ2v) is 8.23. The molecule has 0 fully saturated rings. The van der Waals surface area contributed by atoms with Crippen LogP contribution in [0.4, 0.5) is 5.69 Å². The Balaban J connectivity index is 0.000000247. The average Bonchev–Trinajstić information content (AvgIpc) is 2.58. The molecule has 1 aromatic heterocycles. The molecule has 4 nitrogen and oxygen atoms in total. The Bertz CT molecular complexity index is 825. The molecule has 0 bridgehead atoms. The van der Waals surface area contributed by atoms with Crippen molar-refractivity contribution in [1.82, 2.24) is 10.2 Å². The van der Waals surface area contributed by atoms with Gasteiger partial charge in [0.2, 0.25) is 0 Å². The number of aromatic hydroxyl groups is 1. The maximum atomic E-state index is 10.2. The van der Waals surface area contributed by atoms with Crippen molar-refractivity contribution in [3.63, 3.8) is 0 Å². The Labute approximate surface area is 156 Å². The van der Waals surface area contributed by atoms with Gasteiger partial charge in [0, 0.05) is 5.56 Å². The number of nitrogens with two attached hydrogens (primary N) is 1. The number of H-pyrrole nitrogens is 2. The number of rotatable bonds is 4. The highest BCUT2D eigenvalue weighted by Gasteiger charge is 2.27. The lowest BCUT2D eigenvalue weighted by molar-refractivity contribution is 0.427. The molecule has 3 rings (SSSR count). The summed E-state index contributed by atoms with van der Waals surface area (Å²) in [5.41, 5.74) is 11.0. The van der Waals surface area contributed by atoms with Crippen LogP contribution in [0, 0.1) is 0 Å². The molecule has 0 unspecified atom stereocenters. The van der Waals surface area contributed by atoms with Gasteiger partial charge in [0.25, 0.3) is 0 Å². The molecule has 0 saturated heterocycles. The lowest BCUT2D eigenvalue weighted by Gasteiger charge is -2.30. The van der Waals surface area contributed by atoms with Gasteiger partial charge >= 0.3 is 0 Å². The van der Waals surface area contributed by atoms with Crippen LogP contribution in [0.3, 0.4) is 0 Å². The molecule has 0 amide bonds. The van der Waals surface area contributed by atoms with Gasteiger partial charge in [0.15, 0.2) is 0 Å². The highest BCUT2D eigenvalue weighted by atomic mass is 16.3. The zero-order valence-electron chi connectivity index (χ0n) is 16.9. The van der Waals surface area contributed by atoms with Gasteiger partial charge in [-0.05, 0) is 47.4 Å². The third kappa shape index (κ3) is 4.06. The maximum Gasteiger partial charge on any atom is 0.142 e. The molecular weight excluding hydrogens is 322 g/mol. The van der Waals surface area contributed by atoms with E-state index in [1.165, 1.54) is 16.6 Å². The summed E-state index contributed by atoms with van der Waals surface area (Å²) in [6.45, 7) is 13.0. The van der Waals surface area contributed by atoms with E-state index in [0.717, 1.165) is 18.4 Å². The van der Waals surface area contributed by atoms with Crippen LogP contribution in [0.1, 0.15) is 65.5 Å². The third-order valence-electron chi connectivity index (χ3n) is 5.68. The van der Waals surface area contributed by atoms with E-state index >= 15 is 0 Å². The molecule has 26 heavy (non-hydrogen) atoms. The first-order valence-corrected chi connectivity index (χ1v) is 9.37. The van der Waals surface area contributed by atoms with E-state index < -0.39 is 0 Å². The predicted octanol–water partition coefficient (Wildman–Crippen LogP) is 5.85. The van der Waals surface area contributed by atoms with Crippen molar-refractivity contribution in [2.45, 2.75) is 65.2 Å². The molecule has 0 radical (unpaired) electrons. The van der Waals surface area contributed by atoms with Crippen LogP contribution in [-0.2, 0) is 10.8 Å². The standard InChI is InChI=1S/C16H27NO.C6H6N2/c1-7-15(3,4)11-9-12(16(5,6)8-2)14(18)13(17)10-11;1-2-4-6-5(3-1)7-8-6/h9-10,18H,7-8,17H2,1-6H3;1-4,7-8H. The number of aromatic nitrogens is 2. The summed E-state index contributed by atoms with van der Waals surface area (Å²) in [5.74, 6) is 0.248. The minimum atomic E-state index is -0.0575. The zero-order chi connectivity index (χ0) is 19.5. The van der Waals surface area contributed by atoms with Gasteiger partial charge in [-0.15, -0.1) is 0 Å². The molecule has 3 aromatic rings. The van der Waals surface area contributed by atoms with Crippen molar-refractivity contribution in [3.05, 3.63) is 47.5 Å². The molecule has 5 N–H and O–H groups in total. The summed E-state index contributed by atoms with van der Waals surface area (Å²) in [5, 5.41) is 16.1. The van der Waals surface area contributed by atoms with Crippen LogP contribution in [0.2, 0.25) is 0 Å². The number of hydrogen-bond acceptors (Lipinski definition) is 2. The fourth-order valence-corrected chi connectivity index (χ4v) is 2.73. The molecular formula is C22H33N3O. The van der Waals surface area contributed by atoms with Crippen LogP contribution in [0.15, 0.2) is 36.4 Å². The topological polar surface area (TPSA) is 77.8 Å². The second kappa shape index (κ2) is 7.48. The maximum absolute atomic E-state index is 10.2. The molecule has 4 heteroatoms. The summed E-state index contributed by atoms with van der Waals surface area (Å²) in [6.07, 6.45) is 2.01. The number of fused-ring (bicyclic) bond motifs is 1. The monoisotopic (exact) mass is 355 g/mol. The van der Waals surface area contributed by atoms with Gasteiger partial charge in [0.05, 0.1) is 16.7 Å². The van der Waals surface area contributed by atoms with Gasteiger partial charge in [-0.3, -0.25) is 10.2 Å². The quantitative estimate of drug-likeness (QED) is 0.350. The van der Waals surface area contributed by atoms with Crippen molar-refractivity contribution in [2.24, 2.45) is 0 Å². The first-order chi connectivity index (χ1) is 12.1. The molecule has 0 spiro atoms. The van der Waals surface area contributed by atoms with E-state index in [2.05, 4.69) is 57.8 Å². The van der Waals surface area contributed by atoms with Gasteiger partial charge in [-0.1, -0.05) is 59.7 Å². The van der Waals surface area contributed by atoms with Crippen LogP contribution < -0.4 is 5.73 Å². The van der Waals surface area contributed by atoms with Crippen molar-refractivity contribution >= 4 is 16.7 Å². The molecule has 0 saturated carbocycles. The Morgan fingerprint density at radius 3 is 1.77 bits per heavy atom. The number of nitrogens with one attached hydrogen (secondary N) is 2. The normalized spacial score (nSPS) is 12.1. The van der Waals surface area contributed by atoms with Crippen LogP contribution in [0.5, 0.6) is 5.75 Å². The summed E-state index contributed by atoms with van der Waals surface area (Å²) >= 11 is 0. The highest BCUT2D eigenvalue weighted by Crippen LogP contribution is 2.41. The SMILES string of the molecule is CCC(C)(C)c1cc(N)c(O)c(C(C)(C)CC)c1.c1ccc2[nH][nH]c2c1. The molecule has 0 atom stereocenters. The van der Waals surface area contributed by atoms with E-state index in [0.29, 0.717) is 5.69 Å². The van der Waals surface area contributed by atoms with Gasteiger partial charge in [-0.2, -0.15) is 0 Å². The largest absolute Gasteiger partial charge is 0.505 e. The highest BCUT2D eigenvalue weighted by molar-refractivity contribution is 5.75. The van der Waals surface area contributed by atoms with E-state index in [1.54, 1.807) is 0 Å². The first-order valence-electron chi connectivity index (χ1n) is 9.37. The van der Waals surface area contributed by atoms with Crippen molar-refractivity contribution < 1.29 is 5.11 Å². The van der Waals surface area contributed by atoms with Crippen molar-refractivity contribution in [1.29, 1.82) is 0 Å². The second-order valence-electron chi connectivity index (χ2n) is 8.23. The molecule has 0 aliphatic heterocycles. The lowest BCUT2D eigenvalue weighted by atomic mass is 9.76.